The maximum Gasteiger partial charge on any atom is 0.573 e. The van der Waals surface area contributed by atoms with E-state index in [1.807, 2.05) is 6.07 Å². The molecule has 3 rings (SSSR count). The number of halogens is 3. The van der Waals surface area contributed by atoms with Crippen LogP contribution in [0.25, 0.3) is 0 Å². The second-order valence-electron chi connectivity index (χ2n) is 8.03. The summed E-state index contributed by atoms with van der Waals surface area (Å²) in [5, 5.41) is 10.3. The first-order chi connectivity index (χ1) is 18.1. The van der Waals surface area contributed by atoms with Gasteiger partial charge in [0.05, 0.1) is 28.4 Å². The predicted octanol–water partition coefficient (Wildman–Crippen LogP) is 5.49. The van der Waals surface area contributed by atoms with Crippen LogP contribution in [0.2, 0.25) is 0 Å². The molecule has 3 aromatic rings. The van der Waals surface area contributed by atoms with Gasteiger partial charge in [-0.15, -0.1) is 13.2 Å². The molecule has 8 nitrogen and oxygen atoms in total. The van der Waals surface area contributed by atoms with Crippen molar-refractivity contribution in [3.8, 4) is 28.7 Å². The SMILES string of the molecule is COc1ccc(CCN(c2ccc(OC(F)(F)F)cc2)C(C(=O)O)c2ccc(OC)c(OC)c2)cc1OC. The van der Waals surface area contributed by atoms with E-state index >= 15 is 0 Å². The van der Waals surface area contributed by atoms with Crippen molar-refractivity contribution in [3.63, 3.8) is 0 Å². The van der Waals surface area contributed by atoms with Crippen LogP contribution in [0.1, 0.15) is 17.2 Å². The lowest BCUT2D eigenvalue weighted by molar-refractivity contribution is -0.274. The zero-order chi connectivity index (χ0) is 27.9. The maximum absolute atomic E-state index is 12.7. The fraction of sp³-hybridized carbons (Fsp3) is 0.296. The topological polar surface area (TPSA) is 86.7 Å². The molecule has 0 aliphatic carbocycles. The van der Waals surface area contributed by atoms with E-state index in [0.717, 1.165) is 17.7 Å². The van der Waals surface area contributed by atoms with Gasteiger partial charge < -0.3 is 33.7 Å². The molecule has 0 aromatic heterocycles. The Morgan fingerprint density at radius 3 is 1.89 bits per heavy atom. The van der Waals surface area contributed by atoms with E-state index in [1.54, 1.807) is 35.2 Å². The molecule has 204 valence electrons. The minimum absolute atomic E-state index is 0.195. The molecule has 0 bridgehead atoms. The predicted molar refractivity (Wildman–Crippen MR) is 134 cm³/mol. The Morgan fingerprint density at radius 2 is 1.37 bits per heavy atom. The van der Waals surface area contributed by atoms with Crippen molar-refractivity contribution >= 4 is 11.7 Å². The molecule has 0 amide bonds. The van der Waals surface area contributed by atoms with Crippen LogP contribution in [0.3, 0.4) is 0 Å². The van der Waals surface area contributed by atoms with Crippen LogP contribution in [0.5, 0.6) is 28.7 Å². The lowest BCUT2D eigenvalue weighted by Gasteiger charge is -2.32. The van der Waals surface area contributed by atoms with Crippen molar-refractivity contribution in [2.75, 3.05) is 39.9 Å². The molecule has 0 aliphatic rings. The number of alkyl halides is 3. The highest BCUT2D eigenvalue weighted by atomic mass is 19.4. The highest BCUT2D eigenvalue weighted by Gasteiger charge is 2.32. The van der Waals surface area contributed by atoms with Crippen LogP contribution >= 0.6 is 0 Å². The summed E-state index contributed by atoms with van der Waals surface area (Å²) < 4.78 is 63.2. The third-order valence-electron chi connectivity index (χ3n) is 5.76. The van der Waals surface area contributed by atoms with Crippen LogP contribution in [0.4, 0.5) is 18.9 Å². The smallest absolute Gasteiger partial charge is 0.493 e. The second-order valence-corrected chi connectivity index (χ2v) is 8.03. The average molecular weight is 536 g/mol. The van der Waals surface area contributed by atoms with Crippen molar-refractivity contribution < 1.29 is 46.8 Å². The van der Waals surface area contributed by atoms with Gasteiger partial charge in [0.2, 0.25) is 0 Å². The number of carboxylic acids is 1. The number of benzene rings is 3. The molecule has 1 N–H and O–H groups in total. The van der Waals surface area contributed by atoms with Gasteiger partial charge in [-0.25, -0.2) is 4.79 Å². The Hall–Kier alpha value is -4.28. The van der Waals surface area contributed by atoms with E-state index in [2.05, 4.69) is 4.74 Å². The van der Waals surface area contributed by atoms with Crippen LogP contribution < -0.4 is 28.6 Å². The first-order valence-corrected chi connectivity index (χ1v) is 11.4. The normalized spacial score (nSPS) is 11.9. The van der Waals surface area contributed by atoms with E-state index in [9.17, 15) is 23.1 Å². The number of hydrogen-bond acceptors (Lipinski definition) is 7. The third-order valence-corrected chi connectivity index (χ3v) is 5.76. The molecule has 0 heterocycles. The molecule has 0 aliphatic heterocycles. The zero-order valence-electron chi connectivity index (χ0n) is 21.2. The standard InChI is InChI=1S/C27H28F3NO7/c1-34-21-11-5-17(15-23(21)36-3)13-14-31(19-7-9-20(10-8-19)38-27(28,29)30)25(26(32)33)18-6-12-22(35-2)24(16-18)37-4/h5-12,15-16,25H,13-14H2,1-4H3,(H,32,33). The summed E-state index contributed by atoms with van der Waals surface area (Å²) >= 11 is 0. The number of aliphatic carboxylic acids is 1. The Morgan fingerprint density at radius 1 is 0.816 bits per heavy atom. The summed E-state index contributed by atoms with van der Waals surface area (Å²) in [6, 6.07) is 13.9. The molecule has 1 unspecified atom stereocenters. The third kappa shape index (κ3) is 6.93. The Bertz CT molecular complexity index is 1230. The van der Waals surface area contributed by atoms with Gasteiger partial charge in [-0.05, 0) is 66.1 Å². The van der Waals surface area contributed by atoms with Gasteiger partial charge in [-0.2, -0.15) is 0 Å². The van der Waals surface area contributed by atoms with Crippen molar-refractivity contribution in [1.82, 2.24) is 0 Å². The molecule has 0 saturated carbocycles. The fourth-order valence-corrected chi connectivity index (χ4v) is 4.01. The van der Waals surface area contributed by atoms with Crippen molar-refractivity contribution in [3.05, 3.63) is 71.8 Å². The number of hydrogen-bond donors (Lipinski definition) is 1. The Labute approximate surface area is 218 Å². The number of carbonyl (C=O) groups is 1. The van der Waals surface area contributed by atoms with Crippen LogP contribution in [-0.4, -0.2) is 52.4 Å². The molecule has 1 atom stereocenters. The Kier molecular flexibility index (Phi) is 9.16. The number of ether oxygens (including phenoxy) is 5. The van der Waals surface area contributed by atoms with E-state index in [1.165, 1.54) is 40.6 Å². The van der Waals surface area contributed by atoms with Gasteiger partial charge in [-0.1, -0.05) is 12.1 Å². The summed E-state index contributed by atoms with van der Waals surface area (Å²) in [4.78, 5) is 14.2. The Balaban J connectivity index is 2.02. The summed E-state index contributed by atoms with van der Waals surface area (Å²) in [5.74, 6) is 0.233. The quantitative estimate of drug-likeness (QED) is 0.326. The molecular formula is C27H28F3NO7. The summed E-state index contributed by atoms with van der Waals surface area (Å²) in [6.07, 6.45) is -4.46. The number of anilines is 1. The van der Waals surface area contributed by atoms with Gasteiger partial charge >= 0.3 is 12.3 Å². The monoisotopic (exact) mass is 535 g/mol. The minimum atomic E-state index is -4.85. The molecule has 0 radical (unpaired) electrons. The van der Waals surface area contributed by atoms with Crippen molar-refractivity contribution in [2.24, 2.45) is 0 Å². The molecule has 11 heteroatoms. The van der Waals surface area contributed by atoms with E-state index in [4.69, 9.17) is 18.9 Å². The van der Waals surface area contributed by atoms with Gasteiger partial charge in [0.1, 0.15) is 5.75 Å². The van der Waals surface area contributed by atoms with Crippen LogP contribution in [-0.2, 0) is 11.2 Å². The zero-order valence-corrected chi connectivity index (χ0v) is 21.2. The lowest BCUT2D eigenvalue weighted by atomic mass is 10.0. The molecule has 3 aromatic carbocycles. The summed E-state index contributed by atoms with van der Waals surface area (Å²) in [7, 11) is 5.93. The number of rotatable bonds is 12. The molecule has 0 fully saturated rings. The summed E-state index contributed by atoms with van der Waals surface area (Å²) in [6.45, 7) is 0.195. The first kappa shape index (κ1) is 28.3. The van der Waals surface area contributed by atoms with Crippen molar-refractivity contribution in [2.45, 2.75) is 18.8 Å². The minimum Gasteiger partial charge on any atom is -0.493 e. The number of methoxy groups -OCH3 is 4. The average Bonchev–Trinajstić information content (AvgIpc) is 2.89. The number of nitrogens with zero attached hydrogens (tertiary/aromatic N) is 1. The fourth-order valence-electron chi connectivity index (χ4n) is 4.01. The summed E-state index contributed by atoms with van der Waals surface area (Å²) in [5.41, 5.74) is 1.60. The number of carboxylic acid groups (broad SMARTS) is 1. The van der Waals surface area contributed by atoms with E-state index < -0.39 is 24.1 Å². The molecule has 38 heavy (non-hydrogen) atoms. The molecule has 0 saturated heterocycles. The van der Waals surface area contributed by atoms with Gasteiger partial charge in [0, 0.05) is 12.2 Å². The maximum atomic E-state index is 12.7. The van der Waals surface area contributed by atoms with Crippen LogP contribution in [0, 0.1) is 0 Å². The van der Waals surface area contributed by atoms with E-state index in [-0.39, 0.29) is 6.54 Å². The van der Waals surface area contributed by atoms with Crippen LogP contribution in [0.15, 0.2) is 60.7 Å². The first-order valence-electron chi connectivity index (χ1n) is 11.4. The van der Waals surface area contributed by atoms with Crippen molar-refractivity contribution in [1.29, 1.82) is 0 Å². The highest BCUT2D eigenvalue weighted by molar-refractivity contribution is 5.80. The van der Waals surface area contributed by atoms with E-state index in [0.29, 0.717) is 40.7 Å². The van der Waals surface area contributed by atoms with Gasteiger partial charge in [0.25, 0.3) is 0 Å². The lowest BCUT2D eigenvalue weighted by Crippen LogP contribution is -2.36. The largest absolute Gasteiger partial charge is 0.573 e. The highest BCUT2D eigenvalue weighted by Crippen LogP contribution is 2.36. The van der Waals surface area contributed by atoms with Gasteiger partial charge in [0.15, 0.2) is 29.0 Å². The van der Waals surface area contributed by atoms with Gasteiger partial charge in [-0.3, -0.25) is 0 Å². The molecule has 0 spiro atoms. The second kappa shape index (κ2) is 12.3. The molecular weight excluding hydrogens is 507 g/mol.